The predicted molar refractivity (Wildman–Crippen MR) is 74.8 cm³/mol. The molecule has 1 aromatic rings. The van der Waals surface area contributed by atoms with Gasteiger partial charge in [0.05, 0.1) is 6.61 Å². The van der Waals surface area contributed by atoms with Crippen LogP contribution in [-0.2, 0) is 0 Å². The summed E-state index contributed by atoms with van der Waals surface area (Å²) < 4.78 is 5.57. The summed E-state index contributed by atoms with van der Waals surface area (Å²) in [4.78, 5) is 2.51. The zero-order valence-electron chi connectivity index (χ0n) is 11.3. The number of piperidine rings is 1. The van der Waals surface area contributed by atoms with Gasteiger partial charge in [0.1, 0.15) is 5.75 Å². The van der Waals surface area contributed by atoms with Crippen LogP contribution in [0.15, 0.2) is 24.3 Å². The molecule has 0 aromatic heterocycles. The molecule has 1 unspecified atom stereocenters. The monoisotopic (exact) mass is 248 g/mol. The molecular weight excluding hydrogens is 224 g/mol. The summed E-state index contributed by atoms with van der Waals surface area (Å²) in [6.45, 7) is 5.73. The number of likely N-dealkylation sites (tertiary alicyclic amines) is 1. The summed E-state index contributed by atoms with van der Waals surface area (Å²) in [6.07, 6.45) is 3.94. The van der Waals surface area contributed by atoms with Crippen LogP contribution in [0.5, 0.6) is 5.75 Å². The van der Waals surface area contributed by atoms with Crippen LogP contribution in [0.25, 0.3) is 0 Å². The normalized spacial score (nSPS) is 18.6. The van der Waals surface area contributed by atoms with Gasteiger partial charge in [-0.2, -0.15) is 0 Å². The first-order valence-electron chi connectivity index (χ1n) is 7.02. The molecule has 2 rings (SSSR count). The van der Waals surface area contributed by atoms with E-state index in [1.54, 1.807) is 0 Å². The van der Waals surface area contributed by atoms with E-state index in [0.717, 1.165) is 5.75 Å². The fraction of sp³-hybridized carbons (Fsp3) is 0.600. The average Bonchev–Trinajstić information content (AvgIpc) is 2.42. The largest absolute Gasteiger partial charge is 0.494 e. The van der Waals surface area contributed by atoms with Gasteiger partial charge in [-0.05, 0) is 50.6 Å². The standard InChI is InChI=1S/C15H24N2O/c1-2-18-14-8-6-7-13(11-14)15(12-16)17-9-4-3-5-10-17/h6-8,11,15H,2-5,9-10,12,16H2,1H3. The fourth-order valence-corrected chi connectivity index (χ4v) is 2.70. The Morgan fingerprint density at radius 1 is 1.28 bits per heavy atom. The van der Waals surface area contributed by atoms with Crippen LogP contribution in [-0.4, -0.2) is 31.1 Å². The van der Waals surface area contributed by atoms with Crippen molar-refractivity contribution in [3.63, 3.8) is 0 Å². The van der Waals surface area contributed by atoms with Gasteiger partial charge in [0.15, 0.2) is 0 Å². The van der Waals surface area contributed by atoms with Crippen molar-refractivity contribution in [2.45, 2.75) is 32.2 Å². The Bertz CT molecular complexity index is 361. The molecule has 100 valence electrons. The zero-order valence-corrected chi connectivity index (χ0v) is 11.3. The van der Waals surface area contributed by atoms with Gasteiger partial charge >= 0.3 is 0 Å². The number of hydrogen-bond donors (Lipinski definition) is 1. The smallest absolute Gasteiger partial charge is 0.119 e. The molecule has 2 N–H and O–H groups in total. The summed E-state index contributed by atoms with van der Waals surface area (Å²) in [6, 6.07) is 8.71. The first kappa shape index (κ1) is 13.4. The molecule has 1 aliphatic heterocycles. The Kier molecular flexibility index (Phi) is 5.02. The van der Waals surface area contributed by atoms with Crippen LogP contribution in [0, 0.1) is 0 Å². The maximum absolute atomic E-state index is 5.98. The van der Waals surface area contributed by atoms with E-state index in [0.29, 0.717) is 19.2 Å². The number of nitrogens with two attached hydrogens (primary N) is 1. The van der Waals surface area contributed by atoms with Crippen LogP contribution in [0.2, 0.25) is 0 Å². The first-order chi connectivity index (χ1) is 8.85. The molecule has 1 aromatic carbocycles. The lowest BCUT2D eigenvalue weighted by molar-refractivity contribution is 0.167. The Morgan fingerprint density at radius 2 is 2.06 bits per heavy atom. The molecule has 3 nitrogen and oxygen atoms in total. The van der Waals surface area contributed by atoms with Gasteiger partial charge in [-0.25, -0.2) is 0 Å². The van der Waals surface area contributed by atoms with Crippen molar-refractivity contribution in [1.82, 2.24) is 4.90 Å². The van der Waals surface area contributed by atoms with Crippen molar-refractivity contribution in [3.8, 4) is 5.75 Å². The summed E-state index contributed by atoms with van der Waals surface area (Å²) in [5.74, 6) is 0.949. The molecule has 0 saturated carbocycles. The van der Waals surface area contributed by atoms with E-state index >= 15 is 0 Å². The second-order valence-corrected chi connectivity index (χ2v) is 4.85. The molecular formula is C15H24N2O. The number of hydrogen-bond acceptors (Lipinski definition) is 3. The molecule has 1 saturated heterocycles. The minimum atomic E-state index is 0.339. The third kappa shape index (κ3) is 3.24. The lowest BCUT2D eigenvalue weighted by Crippen LogP contribution is -2.37. The Morgan fingerprint density at radius 3 is 2.72 bits per heavy atom. The maximum Gasteiger partial charge on any atom is 0.119 e. The van der Waals surface area contributed by atoms with E-state index in [1.165, 1.54) is 37.9 Å². The number of benzene rings is 1. The van der Waals surface area contributed by atoms with Gasteiger partial charge in [0, 0.05) is 12.6 Å². The molecule has 0 bridgehead atoms. The molecule has 1 aliphatic rings. The van der Waals surface area contributed by atoms with Crippen molar-refractivity contribution in [2.24, 2.45) is 5.73 Å². The van der Waals surface area contributed by atoms with E-state index in [2.05, 4.69) is 23.1 Å². The molecule has 0 radical (unpaired) electrons. The Balaban J connectivity index is 2.12. The van der Waals surface area contributed by atoms with Gasteiger partial charge in [0.25, 0.3) is 0 Å². The van der Waals surface area contributed by atoms with Crippen molar-refractivity contribution in [3.05, 3.63) is 29.8 Å². The summed E-state index contributed by atoms with van der Waals surface area (Å²) >= 11 is 0. The van der Waals surface area contributed by atoms with Crippen LogP contribution >= 0.6 is 0 Å². The highest BCUT2D eigenvalue weighted by Gasteiger charge is 2.21. The third-order valence-electron chi connectivity index (χ3n) is 3.61. The molecule has 0 spiro atoms. The molecule has 1 heterocycles. The van der Waals surface area contributed by atoms with E-state index in [9.17, 15) is 0 Å². The van der Waals surface area contributed by atoms with Crippen LogP contribution < -0.4 is 10.5 Å². The first-order valence-corrected chi connectivity index (χ1v) is 7.02. The summed E-state index contributed by atoms with van der Waals surface area (Å²) in [7, 11) is 0. The lowest BCUT2D eigenvalue weighted by atomic mass is 10.0. The second-order valence-electron chi connectivity index (χ2n) is 4.85. The van der Waals surface area contributed by atoms with Crippen molar-refractivity contribution in [1.29, 1.82) is 0 Å². The number of nitrogens with zero attached hydrogens (tertiary/aromatic N) is 1. The second kappa shape index (κ2) is 6.76. The fourth-order valence-electron chi connectivity index (χ4n) is 2.70. The summed E-state index contributed by atoms with van der Waals surface area (Å²) in [5.41, 5.74) is 7.26. The molecule has 18 heavy (non-hydrogen) atoms. The number of rotatable bonds is 5. The van der Waals surface area contributed by atoms with Crippen LogP contribution in [0.1, 0.15) is 37.8 Å². The Hall–Kier alpha value is -1.06. The zero-order chi connectivity index (χ0) is 12.8. The lowest BCUT2D eigenvalue weighted by Gasteiger charge is -2.34. The number of ether oxygens (including phenoxy) is 1. The quantitative estimate of drug-likeness (QED) is 0.870. The third-order valence-corrected chi connectivity index (χ3v) is 3.61. The van der Waals surface area contributed by atoms with Gasteiger partial charge in [0.2, 0.25) is 0 Å². The van der Waals surface area contributed by atoms with E-state index in [-0.39, 0.29) is 0 Å². The van der Waals surface area contributed by atoms with Crippen LogP contribution in [0.3, 0.4) is 0 Å². The van der Waals surface area contributed by atoms with Gasteiger partial charge < -0.3 is 10.5 Å². The van der Waals surface area contributed by atoms with E-state index < -0.39 is 0 Å². The maximum atomic E-state index is 5.98. The molecule has 1 atom stereocenters. The summed E-state index contributed by atoms with van der Waals surface area (Å²) in [5, 5.41) is 0. The van der Waals surface area contributed by atoms with E-state index in [1.807, 2.05) is 13.0 Å². The van der Waals surface area contributed by atoms with Gasteiger partial charge in [-0.3, -0.25) is 4.90 Å². The SMILES string of the molecule is CCOc1cccc(C(CN)N2CCCCC2)c1. The molecule has 0 aliphatic carbocycles. The van der Waals surface area contributed by atoms with Crippen molar-refractivity contribution in [2.75, 3.05) is 26.2 Å². The minimum Gasteiger partial charge on any atom is -0.494 e. The minimum absolute atomic E-state index is 0.339. The molecule has 0 amide bonds. The topological polar surface area (TPSA) is 38.5 Å². The average molecular weight is 248 g/mol. The van der Waals surface area contributed by atoms with E-state index in [4.69, 9.17) is 10.5 Å². The van der Waals surface area contributed by atoms with Gasteiger partial charge in [-0.1, -0.05) is 18.6 Å². The highest BCUT2D eigenvalue weighted by molar-refractivity contribution is 5.31. The van der Waals surface area contributed by atoms with Crippen molar-refractivity contribution < 1.29 is 4.74 Å². The van der Waals surface area contributed by atoms with Crippen molar-refractivity contribution >= 4 is 0 Å². The van der Waals surface area contributed by atoms with Crippen LogP contribution in [0.4, 0.5) is 0 Å². The highest BCUT2D eigenvalue weighted by Crippen LogP contribution is 2.26. The highest BCUT2D eigenvalue weighted by atomic mass is 16.5. The predicted octanol–water partition coefficient (Wildman–Crippen LogP) is 2.57. The Labute approximate surface area is 110 Å². The van der Waals surface area contributed by atoms with Gasteiger partial charge in [-0.15, -0.1) is 0 Å². The molecule has 1 fully saturated rings. The molecule has 3 heteroatoms.